The first-order valence-corrected chi connectivity index (χ1v) is 11.2. The number of halogens is 8. The van der Waals surface area contributed by atoms with E-state index in [9.17, 15) is 31.4 Å². The first-order valence-electron chi connectivity index (χ1n) is 9.48. The number of thioether (sulfide) groups is 1. The van der Waals surface area contributed by atoms with Crippen LogP contribution in [0.4, 0.5) is 32.0 Å². The molecule has 0 aliphatic carbocycles. The lowest BCUT2D eigenvalue weighted by Gasteiger charge is -2.49. The maximum atomic E-state index is 13.4. The van der Waals surface area contributed by atoms with Crippen molar-refractivity contribution in [3.05, 3.63) is 57.1 Å². The lowest BCUT2D eigenvalue weighted by Crippen LogP contribution is -2.54. The summed E-state index contributed by atoms with van der Waals surface area (Å²) < 4.78 is 80.4. The minimum atomic E-state index is -5.94. The predicted molar refractivity (Wildman–Crippen MR) is 113 cm³/mol. The summed E-state index contributed by atoms with van der Waals surface area (Å²) in [4.78, 5) is 0.837. The zero-order valence-corrected chi connectivity index (χ0v) is 19.0. The van der Waals surface area contributed by atoms with E-state index in [1.807, 2.05) is 0 Å². The Morgan fingerprint density at radius 3 is 2.25 bits per heavy atom. The van der Waals surface area contributed by atoms with E-state index in [1.54, 1.807) is 26.0 Å². The third-order valence-electron chi connectivity index (χ3n) is 6.37. The molecule has 2 unspecified atom stereocenters. The highest BCUT2D eigenvalue weighted by Crippen LogP contribution is 2.57. The molecule has 174 valence electrons. The maximum Gasteiger partial charge on any atom is 0.430 e. The van der Waals surface area contributed by atoms with Gasteiger partial charge in [0.05, 0.1) is 11.1 Å². The fourth-order valence-corrected chi connectivity index (χ4v) is 6.71. The van der Waals surface area contributed by atoms with Crippen LogP contribution in [0.2, 0.25) is 10.0 Å². The molecule has 2 aliphatic heterocycles. The molecule has 0 spiro atoms. The lowest BCUT2D eigenvalue weighted by atomic mass is 9.65. The van der Waals surface area contributed by atoms with Crippen molar-refractivity contribution in [2.75, 3.05) is 11.1 Å². The molecule has 32 heavy (non-hydrogen) atoms. The van der Waals surface area contributed by atoms with Crippen LogP contribution in [0.15, 0.2) is 35.2 Å². The molecule has 0 aromatic heterocycles. The lowest BCUT2D eigenvalue weighted by molar-refractivity contribution is -0.376. The van der Waals surface area contributed by atoms with Gasteiger partial charge in [-0.25, -0.2) is 0 Å². The molecule has 2 aromatic rings. The van der Waals surface area contributed by atoms with Crippen molar-refractivity contribution >= 4 is 40.7 Å². The van der Waals surface area contributed by atoms with Crippen LogP contribution in [-0.2, 0) is 11.0 Å². The average molecular weight is 516 g/mol. The smallest absolute Gasteiger partial charge is 0.378 e. The van der Waals surface area contributed by atoms with Crippen molar-refractivity contribution in [2.45, 2.75) is 48.2 Å². The molecule has 2 aliphatic rings. The minimum Gasteiger partial charge on any atom is -0.378 e. The van der Waals surface area contributed by atoms with E-state index >= 15 is 0 Å². The summed E-state index contributed by atoms with van der Waals surface area (Å²) in [5, 5.41) is 14.0. The number of aliphatic hydroxyl groups is 1. The topological polar surface area (TPSA) is 32.3 Å². The Hall–Kier alpha value is -1.29. The van der Waals surface area contributed by atoms with E-state index in [1.165, 1.54) is 11.8 Å². The van der Waals surface area contributed by atoms with Crippen LogP contribution in [-0.4, -0.2) is 23.2 Å². The Morgan fingerprint density at radius 2 is 1.66 bits per heavy atom. The Kier molecular flexibility index (Phi) is 5.48. The Morgan fingerprint density at radius 1 is 1.03 bits per heavy atom. The highest BCUT2D eigenvalue weighted by molar-refractivity contribution is 7.99. The number of anilines is 1. The van der Waals surface area contributed by atoms with Gasteiger partial charge in [-0.05, 0) is 40.8 Å². The van der Waals surface area contributed by atoms with E-state index in [-0.39, 0.29) is 17.5 Å². The number of fused-ring (bicyclic) bond motifs is 4. The number of hydrogen-bond acceptors (Lipinski definition) is 3. The summed E-state index contributed by atoms with van der Waals surface area (Å²) in [6.45, 7) is 3.54. The molecule has 0 radical (unpaired) electrons. The number of alkyl halides is 6. The zero-order chi connectivity index (χ0) is 23.9. The van der Waals surface area contributed by atoms with E-state index in [0.29, 0.717) is 27.6 Å². The average Bonchev–Trinajstić information content (AvgIpc) is 2.65. The van der Waals surface area contributed by atoms with Crippen LogP contribution in [0.3, 0.4) is 0 Å². The van der Waals surface area contributed by atoms with Crippen LogP contribution < -0.4 is 5.32 Å². The third kappa shape index (κ3) is 3.38. The maximum absolute atomic E-state index is 13.4. The molecule has 2 aromatic carbocycles. The third-order valence-corrected chi connectivity index (χ3v) is 8.27. The number of nitrogens with one attached hydrogen (secondary N) is 1. The van der Waals surface area contributed by atoms with Crippen molar-refractivity contribution in [3.8, 4) is 0 Å². The van der Waals surface area contributed by atoms with Gasteiger partial charge in [0.2, 0.25) is 0 Å². The highest BCUT2D eigenvalue weighted by atomic mass is 35.5. The van der Waals surface area contributed by atoms with Gasteiger partial charge in [0.15, 0.2) is 0 Å². The molecule has 2 nitrogen and oxygen atoms in total. The van der Waals surface area contributed by atoms with Crippen LogP contribution in [0.1, 0.15) is 36.6 Å². The largest absolute Gasteiger partial charge is 0.430 e. The van der Waals surface area contributed by atoms with E-state index in [4.69, 9.17) is 23.2 Å². The fourth-order valence-electron chi connectivity index (χ4n) is 4.54. The van der Waals surface area contributed by atoms with Crippen molar-refractivity contribution in [1.82, 2.24) is 0 Å². The molecule has 0 bridgehead atoms. The number of benzene rings is 2. The molecule has 0 saturated heterocycles. The quantitative estimate of drug-likeness (QED) is 0.386. The van der Waals surface area contributed by atoms with Crippen LogP contribution in [0.5, 0.6) is 0 Å². The van der Waals surface area contributed by atoms with Crippen LogP contribution in [0, 0.1) is 5.92 Å². The molecular weight excluding hydrogens is 499 g/mol. The molecule has 2 heterocycles. The van der Waals surface area contributed by atoms with E-state index < -0.39 is 28.9 Å². The molecule has 0 amide bonds. The molecule has 2 atom stereocenters. The van der Waals surface area contributed by atoms with Crippen molar-refractivity contribution in [2.24, 2.45) is 5.92 Å². The molecule has 0 fully saturated rings. The van der Waals surface area contributed by atoms with Gasteiger partial charge >= 0.3 is 12.4 Å². The van der Waals surface area contributed by atoms with Gasteiger partial charge in [-0.2, -0.15) is 26.3 Å². The second-order valence-electron chi connectivity index (χ2n) is 8.53. The van der Waals surface area contributed by atoms with Gasteiger partial charge in [0.1, 0.15) is 0 Å². The molecular formula is C21H17Cl2F6NOS. The van der Waals surface area contributed by atoms with Crippen molar-refractivity contribution in [3.63, 3.8) is 0 Å². The molecule has 2 N–H and O–H groups in total. The molecule has 0 saturated carbocycles. The second-order valence-corrected chi connectivity index (χ2v) is 10.4. The van der Waals surface area contributed by atoms with Crippen LogP contribution in [0.25, 0.3) is 0 Å². The van der Waals surface area contributed by atoms with Crippen LogP contribution >= 0.6 is 35.0 Å². The van der Waals surface area contributed by atoms with Gasteiger partial charge in [-0.15, -0.1) is 11.8 Å². The predicted octanol–water partition coefficient (Wildman–Crippen LogP) is 7.47. The van der Waals surface area contributed by atoms with Crippen molar-refractivity contribution < 1.29 is 31.4 Å². The summed E-state index contributed by atoms with van der Waals surface area (Å²) in [7, 11) is 0. The molecule has 11 heteroatoms. The first-order chi connectivity index (χ1) is 14.6. The summed E-state index contributed by atoms with van der Waals surface area (Å²) >= 11 is 14.0. The normalized spacial score (nSPS) is 22.5. The summed E-state index contributed by atoms with van der Waals surface area (Å²) in [5.74, 6) is 0.341. The van der Waals surface area contributed by atoms with Gasteiger partial charge in [-0.1, -0.05) is 43.1 Å². The van der Waals surface area contributed by atoms with Gasteiger partial charge < -0.3 is 10.4 Å². The Labute approximate surface area is 194 Å². The van der Waals surface area contributed by atoms with Gasteiger partial charge in [0.25, 0.3) is 5.60 Å². The molecule has 4 rings (SSSR count). The monoisotopic (exact) mass is 515 g/mol. The Bertz CT molecular complexity index is 1070. The zero-order valence-electron chi connectivity index (χ0n) is 16.6. The van der Waals surface area contributed by atoms with Crippen molar-refractivity contribution in [1.29, 1.82) is 0 Å². The first kappa shape index (κ1) is 23.9. The standard InChI is InChI=1S/C21H17Cl2F6NOS/c1-18(2)12-5-9(19(31,20(24,25)26)21(27,28)29)3-4-15(12)30-16-11-6-10(22)7-14(23)17(11)32-8-13(16)18/h3-7,13,16,30-31H,8H2,1-2H3. The van der Waals surface area contributed by atoms with Gasteiger partial charge in [0, 0.05) is 32.8 Å². The Balaban J connectivity index is 1.86. The SMILES string of the molecule is CC1(C)c2cc(C(O)(C(F)(F)F)C(F)(F)F)ccc2NC2c3cc(Cl)cc(Cl)c3SCC21. The second kappa shape index (κ2) is 7.35. The van der Waals surface area contributed by atoms with E-state index in [0.717, 1.165) is 22.6 Å². The number of rotatable bonds is 1. The highest BCUT2D eigenvalue weighted by Gasteiger charge is 2.71. The minimum absolute atomic E-state index is 0.192. The van der Waals surface area contributed by atoms with E-state index in [2.05, 4.69) is 5.32 Å². The summed E-state index contributed by atoms with van der Waals surface area (Å²) in [6.07, 6.45) is -11.9. The fraction of sp³-hybridized carbons (Fsp3) is 0.429. The summed E-state index contributed by atoms with van der Waals surface area (Å²) in [6, 6.07) is 5.72. The summed E-state index contributed by atoms with van der Waals surface area (Å²) in [5.41, 5.74) is -5.58. The van der Waals surface area contributed by atoms with Gasteiger partial charge in [-0.3, -0.25) is 0 Å². The number of hydrogen-bond donors (Lipinski definition) is 2.